The van der Waals surface area contributed by atoms with Gasteiger partial charge in [0.2, 0.25) is 0 Å². The summed E-state index contributed by atoms with van der Waals surface area (Å²) in [6.45, 7) is 5.27. The number of nitrogens with one attached hydrogen (secondary N) is 1. The summed E-state index contributed by atoms with van der Waals surface area (Å²) in [7, 11) is 0. The molecule has 0 radical (unpaired) electrons. The Kier molecular flexibility index (Phi) is 4.46. The summed E-state index contributed by atoms with van der Waals surface area (Å²) in [5, 5.41) is 14.3. The molecule has 1 aromatic rings. The third-order valence-electron chi connectivity index (χ3n) is 4.79. The Hall–Kier alpha value is -0.420. The molecule has 1 unspecified atom stereocenters. The van der Waals surface area contributed by atoms with Crippen molar-refractivity contribution in [3.8, 4) is 0 Å². The molecule has 2 aliphatic rings. The molecule has 0 amide bonds. The summed E-state index contributed by atoms with van der Waals surface area (Å²) in [6, 6.07) is 8.49. The van der Waals surface area contributed by atoms with Crippen molar-refractivity contribution >= 4 is 15.9 Å². The molecule has 2 fully saturated rings. The minimum absolute atomic E-state index is 0.238. The lowest BCUT2D eigenvalue weighted by Gasteiger charge is -2.46. The maximum Gasteiger partial charge on any atom is 0.0728 e. The number of benzene rings is 1. The summed E-state index contributed by atoms with van der Waals surface area (Å²) in [5.41, 5.74) is 0.785. The number of aliphatic hydroxyl groups is 1. The molecule has 1 saturated heterocycles. The van der Waals surface area contributed by atoms with E-state index in [0.29, 0.717) is 0 Å². The molecule has 0 bridgehead atoms. The van der Waals surface area contributed by atoms with Crippen molar-refractivity contribution in [3.63, 3.8) is 0 Å². The Morgan fingerprint density at radius 2 is 1.85 bits per heavy atom. The number of hydrogen-bond acceptors (Lipinski definition) is 3. The fourth-order valence-corrected chi connectivity index (χ4v) is 3.58. The topological polar surface area (TPSA) is 35.5 Å². The maximum absolute atomic E-state index is 10.9. The third kappa shape index (κ3) is 3.08. The van der Waals surface area contributed by atoms with Gasteiger partial charge in [0, 0.05) is 43.1 Å². The normalized spacial score (nSPS) is 24.1. The molecule has 110 valence electrons. The van der Waals surface area contributed by atoms with Gasteiger partial charge in [-0.25, -0.2) is 0 Å². The van der Waals surface area contributed by atoms with Crippen molar-refractivity contribution < 1.29 is 5.11 Å². The van der Waals surface area contributed by atoms with Gasteiger partial charge in [-0.15, -0.1) is 0 Å². The highest BCUT2D eigenvalue weighted by atomic mass is 79.9. The molecule has 1 aliphatic carbocycles. The second-order valence-electron chi connectivity index (χ2n) is 6.11. The average molecular weight is 339 g/mol. The van der Waals surface area contributed by atoms with E-state index in [1.54, 1.807) is 0 Å². The van der Waals surface area contributed by atoms with Crippen molar-refractivity contribution in [2.24, 2.45) is 0 Å². The predicted molar refractivity (Wildman–Crippen MR) is 85.0 cm³/mol. The number of nitrogens with zero attached hydrogens (tertiary/aromatic N) is 1. The zero-order valence-electron chi connectivity index (χ0n) is 11.8. The van der Waals surface area contributed by atoms with E-state index < -0.39 is 5.60 Å². The van der Waals surface area contributed by atoms with Gasteiger partial charge in [0.25, 0.3) is 0 Å². The molecule has 0 aromatic heterocycles. The summed E-state index contributed by atoms with van der Waals surface area (Å²) in [6.07, 6.45) is 3.05. The predicted octanol–water partition coefficient (Wildman–Crippen LogP) is 2.35. The highest BCUT2D eigenvalue weighted by Gasteiger charge is 2.43. The van der Waals surface area contributed by atoms with Gasteiger partial charge in [0.05, 0.1) is 5.60 Å². The van der Waals surface area contributed by atoms with Crippen LogP contribution in [0.1, 0.15) is 30.7 Å². The Labute approximate surface area is 129 Å². The van der Waals surface area contributed by atoms with E-state index in [9.17, 15) is 5.11 Å². The first-order chi connectivity index (χ1) is 9.67. The largest absolute Gasteiger partial charge is 0.389 e. The van der Waals surface area contributed by atoms with Crippen LogP contribution in [-0.4, -0.2) is 48.3 Å². The molecular weight excluding hydrogens is 316 g/mol. The van der Waals surface area contributed by atoms with E-state index in [1.807, 2.05) is 0 Å². The fourth-order valence-electron chi connectivity index (χ4n) is 3.32. The van der Waals surface area contributed by atoms with Crippen molar-refractivity contribution in [2.75, 3.05) is 32.7 Å². The first-order valence-corrected chi connectivity index (χ1v) is 8.38. The first-order valence-electron chi connectivity index (χ1n) is 7.58. The van der Waals surface area contributed by atoms with Crippen molar-refractivity contribution in [1.29, 1.82) is 0 Å². The fraction of sp³-hybridized carbons (Fsp3) is 0.625. The summed E-state index contributed by atoms with van der Waals surface area (Å²) in [4.78, 5) is 2.49. The third-order valence-corrected chi connectivity index (χ3v) is 5.32. The Morgan fingerprint density at radius 1 is 1.20 bits per heavy atom. The molecule has 4 heteroatoms. The zero-order valence-corrected chi connectivity index (χ0v) is 13.4. The lowest BCUT2D eigenvalue weighted by atomic mass is 9.68. The van der Waals surface area contributed by atoms with Crippen LogP contribution in [-0.2, 0) is 0 Å². The molecule has 1 heterocycles. The number of rotatable bonds is 4. The molecule has 1 aromatic carbocycles. The second-order valence-corrected chi connectivity index (χ2v) is 7.03. The molecule has 3 nitrogen and oxygen atoms in total. The monoisotopic (exact) mass is 338 g/mol. The number of piperazine rings is 1. The lowest BCUT2D eigenvalue weighted by Crippen LogP contribution is -2.51. The van der Waals surface area contributed by atoms with E-state index in [-0.39, 0.29) is 5.92 Å². The molecule has 0 spiro atoms. The van der Waals surface area contributed by atoms with E-state index >= 15 is 0 Å². The van der Waals surface area contributed by atoms with Crippen molar-refractivity contribution in [2.45, 2.75) is 30.8 Å². The number of halogens is 1. The van der Waals surface area contributed by atoms with Gasteiger partial charge >= 0.3 is 0 Å². The molecular formula is C16H23BrN2O. The molecule has 1 aliphatic heterocycles. The standard InChI is InChI=1S/C16H23BrN2O/c17-14-4-2-13(3-5-14)15(16(20)6-1-7-16)12-19-10-8-18-9-11-19/h2-5,15,18,20H,1,6-12H2. The van der Waals surface area contributed by atoms with Crippen LogP contribution < -0.4 is 5.32 Å². The van der Waals surface area contributed by atoms with Crippen LogP contribution >= 0.6 is 15.9 Å². The Morgan fingerprint density at radius 3 is 2.40 bits per heavy atom. The summed E-state index contributed by atoms with van der Waals surface area (Å²) < 4.78 is 1.10. The molecule has 1 saturated carbocycles. The molecule has 2 N–H and O–H groups in total. The van der Waals surface area contributed by atoms with Gasteiger partial charge in [0.15, 0.2) is 0 Å². The lowest BCUT2D eigenvalue weighted by molar-refractivity contribution is -0.0652. The van der Waals surface area contributed by atoms with E-state index in [2.05, 4.69) is 50.4 Å². The summed E-state index contributed by atoms with van der Waals surface area (Å²) >= 11 is 3.49. The van der Waals surface area contributed by atoms with E-state index in [0.717, 1.165) is 56.5 Å². The van der Waals surface area contributed by atoms with Crippen LogP contribution in [0.4, 0.5) is 0 Å². The van der Waals surface area contributed by atoms with Gasteiger partial charge in [0.1, 0.15) is 0 Å². The smallest absolute Gasteiger partial charge is 0.0728 e. The molecule has 3 rings (SSSR count). The van der Waals surface area contributed by atoms with Gasteiger partial charge in [-0.1, -0.05) is 28.1 Å². The van der Waals surface area contributed by atoms with Crippen molar-refractivity contribution in [1.82, 2.24) is 10.2 Å². The van der Waals surface area contributed by atoms with Gasteiger partial charge in [-0.2, -0.15) is 0 Å². The molecule has 1 atom stereocenters. The van der Waals surface area contributed by atoms with E-state index in [4.69, 9.17) is 0 Å². The maximum atomic E-state index is 10.9. The van der Waals surface area contributed by atoms with Crippen LogP contribution in [0.2, 0.25) is 0 Å². The highest BCUT2D eigenvalue weighted by Crippen LogP contribution is 2.44. The van der Waals surface area contributed by atoms with Gasteiger partial charge in [-0.3, -0.25) is 0 Å². The summed E-state index contributed by atoms with van der Waals surface area (Å²) in [5.74, 6) is 0.238. The van der Waals surface area contributed by atoms with Crippen LogP contribution in [0.3, 0.4) is 0 Å². The zero-order chi connectivity index (χ0) is 14.0. The van der Waals surface area contributed by atoms with Crippen LogP contribution in [0, 0.1) is 0 Å². The average Bonchev–Trinajstić information content (AvgIpc) is 2.45. The minimum Gasteiger partial charge on any atom is -0.389 e. The second kappa shape index (κ2) is 6.14. The Bertz CT molecular complexity index is 438. The number of hydrogen-bond donors (Lipinski definition) is 2. The van der Waals surface area contributed by atoms with Crippen LogP contribution in [0.25, 0.3) is 0 Å². The Balaban J connectivity index is 1.78. The van der Waals surface area contributed by atoms with Gasteiger partial charge < -0.3 is 15.3 Å². The molecule has 20 heavy (non-hydrogen) atoms. The van der Waals surface area contributed by atoms with Gasteiger partial charge in [-0.05, 0) is 37.0 Å². The SMILES string of the molecule is OC1(C(CN2CCNCC2)c2ccc(Br)cc2)CCC1. The van der Waals surface area contributed by atoms with Crippen molar-refractivity contribution in [3.05, 3.63) is 34.3 Å². The van der Waals surface area contributed by atoms with Crippen LogP contribution in [0.5, 0.6) is 0 Å². The quantitative estimate of drug-likeness (QED) is 0.884. The first kappa shape index (κ1) is 14.5. The minimum atomic E-state index is -0.487. The van der Waals surface area contributed by atoms with Crippen LogP contribution in [0.15, 0.2) is 28.7 Å². The van der Waals surface area contributed by atoms with E-state index in [1.165, 1.54) is 5.56 Å². The highest BCUT2D eigenvalue weighted by molar-refractivity contribution is 9.10.